The van der Waals surface area contributed by atoms with E-state index in [-0.39, 0.29) is 24.1 Å². The van der Waals surface area contributed by atoms with Gasteiger partial charge in [-0.2, -0.15) is 0 Å². The maximum Gasteiger partial charge on any atom is 0.255 e. The molecule has 4 rings (SSSR count). The predicted octanol–water partition coefficient (Wildman–Crippen LogP) is 0.927. The van der Waals surface area contributed by atoms with Crippen LogP contribution in [0.1, 0.15) is 53.6 Å². The van der Waals surface area contributed by atoms with Gasteiger partial charge in [0.25, 0.3) is 5.91 Å². The van der Waals surface area contributed by atoms with E-state index in [1.807, 2.05) is 12.1 Å². The Hall–Kier alpha value is -2.25. The van der Waals surface area contributed by atoms with Gasteiger partial charge in [-0.15, -0.1) is 0 Å². The summed E-state index contributed by atoms with van der Waals surface area (Å²) in [5.41, 5.74) is 2.79. The second kappa shape index (κ2) is 8.41. The van der Waals surface area contributed by atoms with Crippen LogP contribution in [-0.2, 0) is 22.7 Å². The van der Waals surface area contributed by atoms with Gasteiger partial charge in [0.2, 0.25) is 11.8 Å². The van der Waals surface area contributed by atoms with Crippen molar-refractivity contribution >= 4 is 17.7 Å². The van der Waals surface area contributed by atoms with Crippen molar-refractivity contribution in [3.05, 3.63) is 34.9 Å². The molecule has 0 aliphatic carbocycles. The number of carbonyl (C=O) groups is 3. The van der Waals surface area contributed by atoms with Crippen LogP contribution in [0.15, 0.2) is 18.2 Å². The zero-order valence-electron chi connectivity index (χ0n) is 16.1. The number of piperidine rings is 1. The zero-order chi connectivity index (χ0) is 19.5. The van der Waals surface area contributed by atoms with E-state index >= 15 is 0 Å². The van der Waals surface area contributed by atoms with Crippen molar-refractivity contribution in [2.75, 3.05) is 19.6 Å². The number of hydrogen-bond acceptors (Lipinski definition) is 5. The fraction of sp³-hybridized carbons (Fsp3) is 0.571. The summed E-state index contributed by atoms with van der Waals surface area (Å²) in [6.07, 6.45) is 4.40. The Bertz CT molecular complexity index is 771. The lowest BCUT2D eigenvalue weighted by Gasteiger charge is -2.29. The van der Waals surface area contributed by atoms with Gasteiger partial charge >= 0.3 is 0 Å². The Morgan fingerprint density at radius 1 is 1.11 bits per heavy atom. The van der Waals surface area contributed by atoms with Crippen molar-refractivity contribution in [3.8, 4) is 0 Å². The van der Waals surface area contributed by atoms with Crippen LogP contribution in [0.4, 0.5) is 0 Å². The SMILES string of the molecule is O=C1CCC(N2Cc3cc(CNCC4CCCNCC4)ccc3C2=O)C(=O)N1. The number of imide groups is 1. The second-order valence-electron chi connectivity index (χ2n) is 8.07. The summed E-state index contributed by atoms with van der Waals surface area (Å²) in [5, 5.41) is 9.35. The summed E-state index contributed by atoms with van der Waals surface area (Å²) >= 11 is 0. The Morgan fingerprint density at radius 3 is 2.86 bits per heavy atom. The summed E-state index contributed by atoms with van der Waals surface area (Å²) in [6.45, 7) is 4.45. The van der Waals surface area contributed by atoms with E-state index in [9.17, 15) is 14.4 Å². The molecule has 0 bridgehead atoms. The largest absolute Gasteiger partial charge is 0.322 e. The van der Waals surface area contributed by atoms with Crippen molar-refractivity contribution < 1.29 is 14.4 Å². The van der Waals surface area contributed by atoms with Gasteiger partial charge in [-0.05, 0) is 68.4 Å². The number of hydrogen-bond donors (Lipinski definition) is 3. The van der Waals surface area contributed by atoms with Crippen molar-refractivity contribution in [1.82, 2.24) is 20.9 Å². The van der Waals surface area contributed by atoms with Crippen LogP contribution >= 0.6 is 0 Å². The molecule has 3 N–H and O–H groups in total. The van der Waals surface area contributed by atoms with Gasteiger partial charge in [0.05, 0.1) is 0 Å². The number of rotatable bonds is 5. The fourth-order valence-electron chi connectivity index (χ4n) is 4.45. The van der Waals surface area contributed by atoms with Crippen molar-refractivity contribution in [2.24, 2.45) is 5.92 Å². The number of fused-ring (bicyclic) bond motifs is 1. The van der Waals surface area contributed by atoms with E-state index in [1.54, 1.807) is 4.90 Å². The maximum atomic E-state index is 12.7. The first kappa shape index (κ1) is 19.1. The molecule has 0 saturated carbocycles. The first-order valence-corrected chi connectivity index (χ1v) is 10.3. The Morgan fingerprint density at radius 2 is 2.00 bits per heavy atom. The number of nitrogens with one attached hydrogen (secondary N) is 3. The normalized spacial score (nSPS) is 25.4. The molecule has 3 amide bonds. The van der Waals surface area contributed by atoms with Crippen molar-refractivity contribution in [2.45, 2.75) is 51.2 Å². The van der Waals surface area contributed by atoms with Crippen LogP contribution in [0.5, 0.6) is 0 Å². The molecule has 0 aromatic heterocycles. The van der Waals surface area contributed by atoms with Crippen molar-refractivity contribution in [1.29, 1.82) is 0 Å². The number of carbonyl (C=O) groups excluding carboxylic acids is 3. The highest BCUT2D eigenvalue weighted by Gasteiger charge is 2.38. The molecule has 0 spiro atoms. The van der Waals surface area contributed by atoms with Crippen LogP contribution < -0.4 is 16.0 Å². The molecule has 7 nitrogen and oxygen atoms in total. The smallest absolute Gasteiger partial charge is 0.255 e. The number of amides is 3. The van der Waals surface area contributed by atoms with E-state index in [0.29, 0.717) is 24.4 Å². The molecule has 2 saturated heterocycles. The lowest BCUT2D eigenvalue weighted by molar-refractivity contribution is -0.136. The Labute approximate surface area is 165 Å². The molecule has 7 heteroatoms. The van der Waals surface area contributed by atoms with Crippen LogP contribution in [0.25, 0.3) is 0 Å². The van der Waals surface area contributed by atoms with E-state index in [2.05, 4.69) is 22.0 Å². The summed E-state index contributed by atoms with van der Waals surface area (Å²) in [5.74, 6) is -0.0237. The standard InChI is InChI=1S/C21H28N4O3/c26-19-6-5-18(20(27)24-19)25-13-16-10-15(3-4-17(16)21(25)28)12-23-11-14-2-1-8-22-9-7-14/h3-4,10,14,18,22-23H,1-2,5-9,11-13H2,(H,24,26,27). The molecular formula is C21H28N4O3. The molecule has 2 fully saturated rings. The Kier molecular flexibility index (Phi) is 5.73. The van der Waals surface area contributed by atoms with Gasteiger partial charge in [0.15, 0.2) is 0 Å². The summed E-state index contributed by atoms with van der Waals surface area (Å²) in [4.78, 5) is 37.8. The van der Waals surface area contributed by atoms with E-state index in [0.717, 1.165) is 37.3 Å². The van der Waals surface area contributed by atoms with Crippen molar-refractivity contribution in [3.63, 3.8) is 0 Å². The minimum atomic E-state index is -0.553. The summed E-state index contributed by atoms with van der Waals surface area (Å²) < 4.78 is 0. The lowest BCUT2D eigenvalue weighted by Crippen LogP contribution is -2.52. The zero-order valence-corrected chi connectivity index (χ0v) is 16.1. The maximum absolute atomic E-state index is 12.7. The number of nitrogens with zero attached hydrogens (tertiary/aromatic N) is 1. The molecule has 3 heterocycles. The topological polar surface area (TPSA) is 90.5 Å². The molecule has 150 valence electrons. The van der Waals surface area contributed by atoms with Crippen LogP contribution in [-0.4, -0.2) is 48.3 Å². The predicted molar refractivity (Wildman–Crippen MR) is 104 cm³/mol. The summed E-state index contributed by atoms with van der Waals surface area (Å²) in [6, 6.07) is 5.38. The Balaban J connectivity index is 1.35. The van der Waals surface area contributed by atoms with Gasteiger partial charge in [-0.3, -0.25) is 19.7 Å². The molecular weight excluding hydrogens is 356 g/mol. The van der Waals surface area contributed by atoms with Gasteiger partial charge in [-0.25, -0.2) is 0 Å². The third-order valence-electron chi connectivity index (χ3n) is 6.05. The molecule has 2 unspecified atom stereocenters. The average Bonchev–Trinajstić information content (AvgIpc) is 2.84. The molecule has 3 aliphatic heterocycles. The summed E-state index contributed by atoms with van der Waals surface area (Å²) in [7, 11) is 0. The minimum absolute atomic E-state index is 0.116. The third kappa shape index (κ3) is 4.10. The van der Waals surface area contributed by atoms with Gasteiger partial charge < -0.3 is 15.5 Å². The fourth-order valence-corrected chi connectivity index (χ4v) is 4.45. The molecule has 1 aromatic rings. The highest BCUT2D eigenvalue weighted by atomic mass is 16.2. The highest BCUT2D eigenvalue weighted by Crippen LogP contribution is 2.28. The number of benzene rings is 1. The van der Waals surface area contributed by atoms with E-state index < -0.39 is 6.04 Å². The molecule has 1 aromatic carbocycles. The third-order valence-corrected chi connectivity index (χ3v) is 6.05. The molecule has 28 heavy (non-hydrogen) atoms. The van der Waals surface area contributed by atoms with Gasteiger partial charge in [0, 0.05) is 25.1 Å². The van der Waals surface area contributed by atoms with Gasteiger partial charge in [0.1, 0.15) is 6.04 Å². The molecule has 0 radical (unpaired) electrons. The monoisotopic (exact) mass is 384 g/mol. The molecule has 3 aliphatic rings. The average molecular weight is 384 g/mol. The van der Waals surface area contributed by atoms with Crippen LogP contribution in [0.2, 0.25) is 0 Å². The quantitative estimate of drug-likeness (QED) is 0.657. The van der Waals surface area contributed by atoms with Gasteiger partial charge in [-0.1, -0.05) is 12.1 Å². The highest BCUT2D eigenvalue weighted by molar-refractivity contribution is 6.05. The second-order valence-corrected chi connectivity index (χ2v) is 8.07. The van der Waals surface area contributed by atoms with Crippen LogP contribution in [0, 0.1) is 5.92 Å². The minimum Gasteiger partial charge on any atom is -0.322 e. The lowest BCUT2D eigenvalue weighted by atomic mass is 10.0. The van der Waals surface area contributed by atoms with E-state index in [4.69, 9.17) is 0 Å². The first-order chi connectivity index (χ1) is 13.6. The first-order valence-electron chi connectivity index (χ1n) is 10.3. The van der Waals surface area contributed by atoms with E-state index in [1.165, 1.54) is 19.3 Å². The van der Waals surface area contributed by atoms with Crippen LogP contribution in [0.3, 0.4) is 0 Å². The molecule has 2 atom stereocenters.